The molecule has 2 aromatic heterocycles. The molecule has 1 atom stereocenters. The number of anilines is 2. The van der Waals surface area contributed by atoms with Crippen LogP contribution < -0.4 is 10.6 Å². The van der Waals surface area contributed by atoms with Gasteiger partial charge in [-0.15, -0.1) is 0 Å². The lowest BCUT2D eigenvalue weighted by atomic mass is 9.96. The number of benzene rings is 1. The lowest BCUT2D eigenvalue weighted by molar-refractivity contribution is -0.121. The first-order valence-electron chi connectivity index (χ1n) is 8.42. The normalized spacial score (nSPS) is 18.5. The fourth-order valence-electron chi connectivity index (χ4n) is 3.30. The molecule has 4 rings (SSSR count). The zero-order chi connectivity index (χ0) is 20.1. The lowest BCUT2D eigenvalue weighted by Crippen LogP contribution is -2.53. The molecule has 3 heterocycles. The van der Waals surface area contributed by atoms with Gasteiger partial charge in [-0.1, -0.05) is 27.5 Å². The van der Waals surface area contributed by atoms with Gasteiger partial charge in [0.2, 0.25) is 0 Å². The molecule has 1 aliphatic rings. The van der Waals surface area contributed by atoms with Crippen LogP contribution in [0.25, 0.3) is 11.0 Å². The number of ketones is 1. The standard InChI is InChI=1S/C19H16BrClN4O3/c1-19(8-28-2)18(27)24-13-7-23-17-14(15(13)25-19)11(6-22-17)16(26)10-4-3-9(20)5-12(10)21/h3-7,25H,8H2,1-2H3,(H,22,23)(H,24,27)/t19-/m0/s1. The molecular formula is C19H16BrClN4O3. The zero-order valence-electron chi connectivity index (χ0n) is 15.0. The summed E-state index contributed by atoms with van der Waals surface area (Å²) in [5.74, 6) is -0.478. The molecule has 0 aliphatic carbocycles. The van der Waals surface area contributed by atoms with Crippen molar-refractivity contribution in [2.45, 2.75) is 12.5 Å². The summed E-state index contributed by atoms with van der Waals surface area (Å²) in [6, 6.07) is 5.10. The molecule has 3 N–H and O–H groups in total. The second-order valence-electron chi connectivity index (χ2n) is 6.77. The molecule has 3 aromatic rings. The first kappa shape index (κ1) is 18.9. The van der Waals surface area contributed by atoms with E-state index in [-0.39, 0.29) is 18.3 Å². The summed E-state index contributed by atoms with van der Waals surface area (Å²) in [6.07, 6.45) is 3.15. The van der Waals surface area contributed by atoms with Crippen molar-refractivity contribution in [3.05, 3.63) is 51.2 Å². The van der Waals surface area contributed by atoms with Crippen molar-refractivity contribution in [3.63, 3.8) is 0 Å². The molecule has 0 unspecified atom stereocenters. The smallest absolute Gasteiger partial charge is 0.252 e. The molecule has 9 heteroatoms. The lowest BCUT2D eigenvalue weighted by Gasteiger charge is -2.35. The molecule has 28 heavy (non-hydrogen) atoms. The highest BCUT2D eigenvalue weighted by atomic mass is 79.9. The van der Waals surface area contributed by atoms with Crippen molar-refractivity contribution in [1.29, 1.82) is 0 Å². The number of amides is 1. The summed E-state index contributed by atoms with van der Waals surface area (Å²) in [5, 5.41) is 7.01. The van der Waals surface area contributed by atoms with Gasteiger partial charge in [-0.3, -0.25) is 9.59 Å². The van der Waals surface area contributed by atoms with Crippen LogP contribution in [0.2, 0.25) is 5.02 Å². The minimum atomic E-state index is -0.983. The largest absolute Gasteiger partial charge is 0.382 e. The van der Waals surface area contributed by atoms with Gasteiger partial charge in [0, 0.05) is 23.3 Å². The fourth-order valence-corrected chi connectivity index (χ4v) is 4.06. The highest BCUT2D eigenvalue weighted by Gasteiger charge is 2.39. The Morgan fingerprint density at radius 1 is 1.36 bits per heavy atom. The number of methoxy groups -OCH3 is 1. The maximum Gasteiger partial charge on any atom is 0.252 e. The minimum absolute atomic E-state index is 0.161. The third-order valence-corrected chi connectivity index (χ3v) is 5.51. The molecule has 0 spiro atoms. The molecule has 1 amide bonds. The van der Waals surface area contributed by atoms with E-state index in [1.807, 2.05) is 0 Å². The molecule has 0 saturated carbocycles. The summed E-state index contributed by atoms with van der Waals surface area (Å²) >= 11 is 9.62. The van der Waals surface area contributed by atoms with Crippen LogP contribution in [-0.4, -0.2) is 40.9 Å². The SMILES string of the molecule is COC[C@]1(C)Nc2c(cnc3[nH]cc(C(=O)c4ccc(Br)cc4Cl)c23)NC1=O. The van der Waals surface area contributed by atoms with Crippen LogP contribution in [0, 0.1) is 0 Å². The number of carbonyl (C=O) groups excluding carboxylic acids is 2. The van der Waals surface area contributed by atoms with Crippen molar-refractivity contribution in [3.8, 4) is 0 Å². The predicted molar refractivity (Wildman–Crippen MR) is 111 cm³/mol. The number of halogens is 2. The molecule has 0 saturated heterocycles. The zero-order valence-corrected chi connectivity index (χ0v) is 17.4. The molecule has 7 nitrogen and oxygen atoms in total. The number of ether oxygens (including phenoxy) is 1. The topological polar surface area (TPSA) is 96.1 Å². The summed E-state index contributed by atoms with van der Waals surface area (Å²) < 4.78 is 5.99. The average molecular weight is 464 g/mol. The van der Waals surface area contributed by atoms with Gasteiger partial charge < -0.3 is 20.4 Å². The Kier molecular flexibility index (Phi) is 4.65. The van der Waals surface area contributed by atoms with E-state index in [1.54, 1.807) is 37.5 Å². The van der Waals surface area contributed by atoms with E-state index in [4.69, 9.17) is 16.3 Å². The van der Waals surface area contributed by atoms with E-state index in [1.165, 1.54) is 7.11 Å². The summed E-state index contributed by atoms with van der Waals surface area (Å²) in [7, 11) is 1.53. The Balaban J connectivity index is 1.88. The molecule has 144 valence electrons. The molecule has 0 fully saturated rings. The maximum atomic E-state index is 13.2. The fraction of sp³-hybridized carbons (Fsp3) is 0.211. The average Bonchev–Trinajstić information content (AvgIpc) is 3.07. The number of rotatable bonds is 4. The molecule has 1 aromatic carbocycles. The second-order valence-corrected chi connectivity index (χ2v) is 8.09. The van der Waals surface area contributed by atoms with Crippen LogP contribution in [0.15, 0.2) is 35.1 Å². The third kappa shape index (κ3) is 2.97. The number of H-pyrrole nitrogens is 1. The molecule has 1 aliphatic heterocycles. The van der Waals surface area contributed by atoms with Gasteiger partial charge in [-0.05, 0) is 25.1 Å². The van der Waals surface area contributed by atoms with Crippen LogP contribution in [-0.2, 0) is 9.53 Å². The van der Waals surface area contributed by atoms with E-state index < -0.39 is 5.54 Å². The van der Waals surface area contributed by atoms with E-state index in [0.717, 1.165) is 4.47 Å². The van der Waals surface area contributed by atoms with Gasteiger partial charge in [0.05, 0.1) is 40.2 Å². The Labute approximate surface area is 173 Å². The van der Waals surface area contributed by atoms with Crippen LogP contribution in [0.1, 0.15) is 22.8 Å². The van der Waals surface area contributed by atoms with Crippen molar-refractivity contribution < 1.29 is 14.3 Å². The highest BCUT2D eigenvalue weighted by Crippen LogP contribution is 2.39. The minimum Gasteiger partial charge on any atom is -0.382 e. The van der Waals surface area contributed by atoms with Crippen LogP contribution in [0.4, 0.5) is 11.4 Å². The number of hydrogen-bond acceptors (Lipinski definition) is 5. The number of aromatic nitrogens is 2. The van der Waals surface area contributed by atoms with Gasteiger partial charge in [0.1, 0.15) is 11.2 Å². The number of aromatic amines is 1. The molecule has 0 bridgehead atoms. The van der Waals surface area contributed by atoms with Gasteiger partial charge in [0.15, 0.2) is 5.78 Å². The number of nitrogens with one attached hydrogen (secondary N) is 3. The first-order valence-corrected chi connectivity index (χ1v) is 9.59. The van der Waals surface area contributed by atoms with Crippen molar-refractivity contribution in [1.82, 2.24) is 9.97 Å². The van der Waals surface area contributed by atoms with Gasteiger partial charge in [-0.2, -0.15) is 0 Å². The van der Waals surface area contributed by atoms with Crippen molar-refractivity contribution in [2.24, 2.45) is 0 Å². The Bertz CT molecular complexity index is 1130. The predicted octanol–water partition coefficient (Wildman–Crippen LogP) is 3.98. The quantitative estimate of drug-likeness (QED) is 0.509. The number of carbonyl (C=O) groups is 2. The van der Waals surface area contributed by atoms with Crippen LogP contribution in [0.5, 0.6) is 0 Å². The Hall–Kier alpha value is -2.42. The number of fused-ring (bicyclic) bond motifs is 3. The van der Waals surface area contributed by atoms with E-state index in [0.29, 0.717) is 38.6 Å². The van der Waals surface area contributed by atoms with Crippen LogP contribution >= 0.6 is 27.5 Å². The summed E-state index contributed by atoms with van der Waals surface area (Å²) in [6.45, 7) is 1.90. The number of hydrogen-bond donors (Lipinski definition) is 3. The summed E-state index contributed by atoms with van der Waals surface area (Å²) in [4.78, 5) is 33.0. The molecule has 0 radical (unpaired) electrons. The second kappa shape index (κ2) is 6.88. The van der Waals surface area contributed by atoms with Crippen molar-refractivity contribution >= 4 is 61.6 Å². The Morgan fingerprint density at radius 3 is 2.86 bits per heavy atom. The van der Waals surface area contributed by atoms with Gasteiger partial charge in [0.25, 0.3) is 5.91 Å². The van der Waals surface area contributed by atoms with Crippen molar-refractivity contribution in [2.75, 3.05) is 24.4 Å². The number of nitrogens with zero attached hydrogens (tertiary/aromatic N) is 1. The maximum absolute atomic E-state index is 13.2. The van der Waals surface area contributed by atoms with Crippen LogP contribution in [0.3, 0.4) is 0 Å². The monoisotopic (exact) mass is 462 g/mol. The number of pyridine rings is 1. The van der Waals surface area contributed by atoms with Gasteiger partial charge in [-0.25, -0.2) is 4.98 Å². The third-order valence-electron chi connectivity index (χ3n) is 4.71. The van der Waals surface area contributed by atoms with E-state index in [9.17, 15) is 9.59 Å². The van der Waals surface area contributed by atoms with E-state index in [2.05, 4.69) is 36.5 Å². The highest BCUT2D eigenvalue weighted by molar-refractivity contribution is 9.10. The van der Waals surface area contributed by atoms with Gasteiger partial charge >= 0.3 is 0 Å². The Morgan fingerprint density at radius 2 is 2.14 bits per heavy atom. The molecular weight excluding hydrogens is 448 g/mol. The summed E-state index contributed by atoms with van der Waals surface area (Å²) in [5.41, 5.74) is 1.44. The van der Waals surface area contributed by atoms with E-state index >= 15 is 0 Å². The first-order chi connectivity index (χ1) is 13.3.